The van der Waals surface area contributed by atoms with Crippen molar-refractivity contribution in [3.63, 3.8) is 0 Å². The second kappa shape index (κ2) is 4.51. The summed E-state index contributed by atoms with van der Waals surface area (Å²) in [6.07, 6.45) is 3.63. The number of fused-ring (bicyclic) bond motifs is 1. The van der Waals surface area contributed by atoms with Crippen LogP contribution in [0.4, 0.5) is 5.69 Å². The Kier molecular flexibility index (Phi) is 2.83. The van der Waals surface area contributed by atoms with Crippen LogP contribution in [0.5, 0.6) is 0 Å². The van der Waals surface area contributed by atoms with Gasteiger partial charge < -0.3 is 5.32 Å². The molecule has 0 fully saturated rings. The van der Waals surface area contributed by atoms with Crippen LogP contribution in [-0.4, -0.2) is 15.3 Å². The van der Waals surface area contributed by atoms with Gasteiger partial charge in [0.05, 0.1) is 0 Å². The summed E-state index contributed by atoms with van der Waals surface area (Å²) in [4.78, 5) is 17.2. The van der Waals surface area contributed by atoms with Crippen LogP contribution in [0.2, 0.25) is 0 Å². The fraction of sp³-hybridized carbons (Fsp3) is 0.143. The fourth-order valence-corrected chi connectivity index (χ4v) is 2.55. The molecule has 0 saturated carbocycles. The average molecular weight is 271 g/mol. The summed E-state index contributed by atoms with van der Waals surface area (Å²) < 4.78 is 1.85. The number of benzene rings is 1. The highest BCUT2D eigenvalue weighted by atomic mass is 32.1. The molecule has 0 unspecified atom stereocenters. The molecule has 1 aromatic carbocycles. The first kappa shape index (κ1) is 11.9. The van der Waals surface area contributed by atoms with Crippen molar-refractivity contribution in [2.45, 2.75) is 13.8 Å². The van der Waals surface area contributed by atoms with E-state index in [1.165, 1.54) is 16.9 Å². The van der Waals surface area contributed by atoms with Crippen LogP contribution in [0.25, 0.3) is 4.96 Å². The number of anilines is 1. The third-order valence-electron chi connectivity index (χ3n) is 3.09. The maximum Gasteiger partial charge on any atom is 0.275 e. The molecule has 0 aliphatic carbocycles. The van der Waals surface area contributed by atoms with Crippen LogP contribution in [0.3, 0.4) is 0 Å². The van der Waals surface area contributed by atoms with Crippen molar-refractivity contribution in [1.29, 1.82) is 0 Å². The Hall–Kier alpha value is -2.14. The second-order valence-electron chi connectivity index (χ2n) is 4.47. The van der Waals surface area contributed by atoms with Gasteiger partial charge in [-0.15, -0.1) is 11.3 Å². The number of carbonyl (C=O) groups excluding carboxylic acids is 1. The third-order valence-corrected chi connectivity index (χ3v) is 3.86. The highest BCUT2D eigenvalue weighted by Gasteiger charge is 2.11. The van der Waals surface area contributed by atoms with Gasteiger partial charge in [-0.25, -0.2) is 4.98 Å². The lowest BCUT2D eigenvalue weighted by atomic mass is 10.1. The minimum atomic E-state index is -0.181. The van der Waals surface area contributed by atoms with Crippen LogP contribution in [-0.2, 0) is 0 Å². The van der Waals surface area contributed by atoms with E-state index in [0.29, 0.717) is 5.69 Å². The maximum absolute atomic E-state index is 12.1. The number of amides is 1. The Bertz CT molecular complexity index is 728. The molecule has 0 spiro atoms. The van der Waals surface area contributed by atoms with Crippen molar-refractivity contribution in [3.8, 4) is 0 Å². The van der Waals surface area contributed by atoms with Gasteiger partial charge in [-0.2, -0.15) is 0 Å². The van der Waals surface area contributed by atoms with Crippen molar-refractivity contribution in [2.24, 2.45) is 0 Å². The molecule has 3 aromatic rings. The second-order valence-corrected chi connectivity index (χ2v) is 5.35. The van der Waals surface area contributed by atoms with E-state index in [1.54, 1.807) is 6.20 Å². The van der Waals surface area contributed by atoms with Gasteiger partial charge in [0, 0.05) is 23.5 Å². The van der Waals surface area contributed by atoms with Gasteiger partial charge in [0.15, 0.2) is 4.96 Å². The molecule has 5 heteroatoms. The van der Waals surface area contributed by atoms with Gasteiger partial charge in [-0.05, 0) is 37.1 Å². The molecule has 0 bridgehead atoms. The molecule has 96 valence electrons. The first-order valence-electron chi connectivity index (χ1n) is 5.94. The van der Waals surface area contributed by atoms with Gasteiger partial charge in [0.2, 0.25) is 0 Å². The van der Waals surface area contributed by atoms with Crippen molar-refractivity contribution >= 4 is 27.9 Å². The lowest BCUT2D eigenvalue weighted by Crippen LogP contribution is -2.12. The molecule has 1 N–H and O–H groups in total. The number of aryl methyl sites for hydroxylation is 2. The molecule has 0 saturated heterocycles. The number of nitrogens with one attached hydrogen (secondary N) is 1. The standard InChI is InChI=1S/C14H13N3OS/c1-9-3-4-11(7-10(9)2)15-13(18)12-8-17-5-6-19-14(17)16-12/h3-8H,1-2H3,(H,15,18). The molecular formula is C14H13N3OS. The van der Waals surface area contributed by atoms with Gasteiger partial charge in [0.1, 0.15) is 5.69 Å². The summed E-state index contributed by atoms with van der Waals surface area (Å²) in [5.74, 6) is -0.181. The highest BCUT2D eigenvalue weighted by Crippen LogP contribution is 2.16. The van der Waals surface area contributed by atoms with E-state index in [4.69, 9.17) is 0 Å². The van der Waals surface area contributed by atoms with E-state index in [9.17, 15) is 4.79 Å². The number of hydrogen-bond donors (Lipinski definition) is 1. The fourth-order valence-electron chi connectivity index (χ4n) is 1.85. The number of nitrogens with zero attached hydrogens (tertiary/aromatic N) is 2. The first-order valence-corrected chi connectivity index (χ1v) is 6.82. The van der Waals surface area contributed by atoms with Crippen molar-refractivity contribution in [3.05, 3.63) is 52.8 Å². The zero-order valence-corrected chi connectivity index (χ0v) is 11.5. The molecule has 0 atom stereocenters. The number of imidazole rings is 1. The molecule has 2 heterocycles. The third kappa shape index (κ3) is 2.24. The van der Waals surface area contributed by atoms with Gasteiger partial charge in [-0.3, -0.25) is 9.20 Å². The summed E-state index contributed by atoms with van der Waals surface area (Å²) in [5.41, 5.74) is 3.60. The van der Waals surface area contributed by atoms with Crippen molar-refractivity contribution < 1.29 is 4.79 Å². The minimum absolute atomic E-state index is 0.181. The van der Waals surface area contributed by atoms with E-state index in [-0.39, 0.29) is 5.91 Å². The zero-order valence-electron chi connectivity index (χ0n) is 10.7. The molecule has 19 heavy (non-hydrogen) atoms. The largest absolute Gasteiger partial charge is 0.321 e. The summed E-state index contributed by atoms with van der Waals surface area (Å²) in [6, 6.07) is 5.86. The maximum atomic E-state index is 12.1. The minimum Gasteiger partial charge on any atom is -0.321 e. The number of aromatic nitrogens is 2. The molecule has 3 rings (SSSR count). The molecule has 0 radical (unpaired) electrons. The van der Waals surface area contributed by atoms with E-state index in [2.05, 4.69) is 10.3 Å². The SMILES string of the molecule is Cc1ccc(NC(=O)c2cn3ccsc3n2)cc1C. The Morgan fingerprint density at radius 1 is 1.32 bits per heavy atom. The smallest absolute Gasteiger partial charge is 0.275 e. The lowest BCUT2D eigenvalue weighted by molar-refractivity contribution is 0.102. The quantitative estimate of drug-likeness (QED) is 0.777. The van der Waals surface area contributed by atoms with Gasteiger partial charge >= 0.3 is 0 Å². The number of thiazole rings is 1. The Balaban J connectivity index is 1.84. The number of carbonyl (C=O) groups is 1. The monoisotopic (exact) mass is 271 g/mol. The van der Waals surface area contributed by atoms with E-state index < -0.39 is 0 Å². The highest BCUT2D eigenvalue weighted by molar-refractivity contribution is 7.15. The molecular weight excluding hydrogens is 258 g/mol. The Labute approximate surface area is 114 Å². The summed E-state index contributed by atoms with van der Waals surface area (Å²) in [5, 5.41) is 4.80. The molecule has 4 nitrogen and oxygen atoms in total. The van der Waals surface area contributed by atoms with Crippen molar-refractivity contribution in [2.75, 3.05) is 5.32 Å². The van der Waals surface area contributed by atoms with Gasteiger partial charge in [-0.1, -0.05) is 6.07 Å². The Morgan fingerprint density at radius 2 is 2.16 bits per heavy atom. The van der Waals surface area contributed by atoms with Crippen molar-refractivity contribution in [1.82, 2.24) is 9.38 Å². The van der Waals surface area contributed by atoms with Gasteiger partial charge in [0.25, 0.3) is 5.91 Å². The van der Waals surface area contributed by atoms with E-state index >= 15 is 0 Å². The van der Waals surface area contributed by atoms with E-state index in [1.807, 2.05) is 48.0 Å². The predicted octanol–water partition coefficient (Wildman–Crippen LogP) is 3.26. The summed E-state index contributed by atoms with van der Waals surface area (Å²) in [7, 11) is 0. The zero-order chi connectivity index (χ0) is 13.4. The lowest BCUT2D eigenvalue weighted by Gasteiger charge is -2.06. The van der Waals surface area contributed by atoms with Crippen LogP contribution >= 0.6 is 11.3 Å². The first-order chi connectivity index (χ1) is 9.13. The molecule has 0 aliphatic rings. The van der Waals surface area contributed by atoms with Crippen LogP contribution in [0.15, 0.2) is 36.0 Å². The van der Waals surface area contributed by atoms with E-state index in [0.717, 1.165) is 16.2 Å². The topological polar surface area (TPSA) is 46.4 Å². The summed E-state index contributed by atoms with van der Waals surface area (Å²) in [6.45, 7) is 4.07. The molecule has 0 aliphatic heterocycles. The van der Waals surface area contributed by atoms with Crippen LogP contribution in [0.1, 0.15) is 21.6 Å². The summed E-state index contributed by atoms with van der Waals surface area (Å²) >= 11 is 1.51. The predicted molar refractivity (Wildman–Crippen MR) is 76.9 cm³/mol. The number of rotatable bonds is 2. The van der Waals surface area contributed by atoms with Crippen LogP contribution < -0.4 is 5.32 Å². The normalized spacial score (nSPS) is 10.8. The molecule has 1 amide bonds. The Morgan fingerprint density at radius 3 is 2.89 bits per heavy atom. The van der Waals surface area contributed by atoms with Crippen LogP contribution in [0, 0.1) is 13.8 Å². The number of hydrogen-bond acceptors (Lipinski definition) is 3. The average Bonchev–Trinajstić information content (AvgIpc) is 2.94. The molecule has 2 aromatic heterocycles.